The van der Waals surface area contributed by atoms with Crippen LogP contribution in [0.25, 0.3) is 0 Å². The number of hydrogen-bond donors (Lipinski definition) is 1. The van der Waals surface area contributed by atoms with E-state index >= 15 is 0 Å². The summed E-state index contributed by atoms with van der Waals surface area (Å²) in [6.45, 7) is 4.48. The maximum absolute atomic E-state index is 4.42. The minimum Gasteiger partial charge on any atom is -0.316 e. The molecule has 1 N–H and O–H groups in total. The van der Waals surface area contributed by atoms with Gasteiger partial charge in [0.15, 0.2) is 0 Å². The maximum Gasteiger partial charge on any atom is 0.0447 e. The van der Waals surface area contributed by atoms with Gasteiger partial charge >= 0.3 is 0 Å². The van der Waals surface area contributed by atoms with Crippen LogP contribution in [0.15, 0.2) is 24.4 Å². The Labute approximate surface area is 93.1 Å². The highest BCUT2D eigenvalue weighted by atomic mass is 14.9. The average molecular weight is 206 g/mol. The van der Waals surface area contributed by atoms with Crippen LogP contribution in [0.2, 0.25) is 0 Å². The van der Waals surface area contributed by atoms with Crippen LogP contribution in [0, 0.1) is 0 Å². The first-order valence-corrected chi connectivity index (χ1v) is 5.87. The Hall–Kier alpha value is -0.890. The van der Waals surface area contributed by atoms with Gasteiger partial charge in [-0.15, -0.1) is 0 Å². The van der Waals surface area contributed by atoms with E-state index in [1.807, 2.05) is 19.3 Å². The van der Waals surface area contributed by atoms with Crippen molar-refractivity contribution in [2.75, 3.05) is 7.05 Å². The molecule has 2 heteroatoms. The molecule has 0 aliphatic heterocycles. The molecule has 1 aromatic rings. The highest BCUT2D eigenvalue weighted by Crippen LogP contribution is 2.20. The maximum atomic E-state index is 4.42. The Morgan fingerprint density at radius 3 is 2.73 bits per heavy atom. The van der Waals surface area contributed by atoms with Crippen molar-refractivity contribution in [2.45, 2.75) is 45.1 Å². The molecular weight excluding hydrogens is 184 g/mol. The molecule has 0 saturated carbocycles. The second-order valence-corrected chi connectivity index (χ2v) is 4.08. The second kappa shape index (κ2) is 6.57. The van der Waals surface area contributed by atoms with Crippen LogP contribution < -0.4 is 5.32 Å². The largest absolute Gasteiger partial charge is 0.316 e. The van der Waals surface area contributed by atoms with E-state index in [9.17, 15) is 0 Å². The Bertz CT molecular complexity index is 258. The monoisotopic (exact) mass is 206 g/mol. The number of hydrogen-bond acceptors (Lipinski definition) is 2. The quantitative estimate of drug-likeness (QED) is 0.774. The molecular formula is C13H22N2. The first-order valence-electron chi connectivity index (χ1n) is 5.87. The normalized spacial score (nSPS) is 14.9. The van der Waals surface area contributed by atoms with Crippen LogP contribution in [0.3, 0.4) is 0 Å². The van der Waals surface area contributed by atoms with Gasteiger partial charge in [0.05, 0.1) is 0 Å². The molecule has 15 heavy (non-hydrogen) atoms. The van der Waals surface area contributed by atoms with E-state index in [1.54, 1.807) is 0 Å². The van der Waals surface area contributed by atoms with E-state index in [-0.39, 0.29) is 0 Å². The second-order valence-electron chi connectivity index (χ2n) is 4.08. The van der Waals surface area contributed by atoms with Gasteiger partial charge in [-0.05, 0) is 25.6 Å². The molecule has 0 aliphatic carbocycles. The Morgan fingerprint density at radius 2 is 2.20 bits per heavy atom. The van der Waals surface area contributed by atoms with E-state index in [0.717, 1.165) is 0 Å². The molecule has 0 aliphatic rings. The number of likely N-dealkylation sites (N-methyl/N-ethyl adjacent to an activating group) is 1. The SMILES string of the molecule is CCCCC(NC)C(C)c1ccccn1. The van der Waals surface area contributed by atoms with Crippen LogP contribution >= 0.6 is 0 Å². The fraction of sp³-hybridized carbons (Fsp3) is 0.615. The van der Waals surface area contributed by atoms with Crippen molar-refractivity contribution >= 4 is 0 Å². The molecule has 1 aromatic heterocycles. The van der Waals surface area contributed by atoms with Crippen LogP contribution in [0.4, 0.5) is 0 Å². The molecule has 0 radical (unpaired) electrons. The Balaban J connectivity index is 2.60. The summed E-state index contributed by atoms with van der Waals surface area (Å²) in [5.41, 5.74) is 1.19. The lowest BCUT2D eigenvalue weighted by molar-refractivity contribution is 0.435. The fourth-order valence-corrected chi connectivity index (χ4v) is 1.92. The number of aromatic nitrogens is 1. The lowest BCUT2D eigenvalue weighted by Gasteiger charge is -2.22. The van der Waals surface area contributed by atoms with Crippen molar-refractivity contribution in [1.29, 1.82) is 0 Å². The summed E-state index contributed by atoms with van der Waals surface area (Å²) in [6.07, 6.45) is 5.64. The molecule has 1 heterocycles. The number of pyridine rings is 1. The lowest BCUT2D eigenvalue weighted by Crippen LogP contribution is -2.31. The van der Waals surface area contributed by atoms with Crippen LogP contribution in [-0.4, -0.2) is 18.1 Å². The van der Waals surface area contributed by atoms with Gasteiger partial charge in [-0.1, -0.05) is 32.8 Å². The smallest absolute Gasteiger partial charge is 0.0447 e. The summed E-state index contributed by atoms with van der Waals surface area (Å²) < 4.78 is 0. The molecule has 2 nitrogen and oxygen atoms in total. The predicted molar refractivity (Wildman–Crippen MR) is 65.0 cm³/mol. The van der Waals surface area contributed by atoms with Crippen LogP contribution in [0.1, 0.15) is 44.7 Å². The molecule has 84 valence electrons. The minimum absolute atomic E-state index is 0.489. The van der Waals surface area contributed by atoms with Gasteiger partial charge in [0.25, 0.3) is 0 Å². The van der Waals surface area contributed by atoms with Crippen molar-refractivity contribution < 1.29 is 0 Å². The molecule has 0 saturated heterocycles. The first kappa shape index (κ1) is 12.2. The summed E-state index contributed by atoms with van der Waals surface area (Å²) in [5, 5.41) is 3.40. The third-order valence-electron chi connectivity index (χ3n) is 3.00. The van der Waals surface area contributed by atoms with E-state index < -0.39 is 0 Å². The molecule has 0 fully saturated rings. The van der Waals surface area contributed by atoms with Crippen LogP contribution in [0.5, 0.6) is 0 Å². The van der Waals surface area contributed by atoms with Gasteiger partial charge in [0.1, 0.15) is 0 Å². The number of nitrogens with one attached hydrogen (secondary N) is 1. The van der Waals surface area contributed by atoms with Gasteiger partial charge in [0, 0.05) is 23.9 Å². The standard InChI is InChI=1S/C13H22N2/c1-4-5-8-12(14-3)11(2)13-9-6-7-10-15-13/h6-7,9-12,14H,4-5,8H2,1-3H3. The van der Waals surface area contributed by atoms with Gasteiger partial charge in [0.2, 0.25) is 0 Å². The summed E-state index contributed by atoms with van der Waals surface area (Å²) in [7, 11) is 2.04. The molecule has 2 atom stereocenters. The van der Waals surface area contributed by atoms with Gasteiger partial charge < -0.3 is 5.32 Å². The average Bonchev–Trinajstić information content (AvgIpc) is 2.31. The summed E-state index contributed by atoms with van der Waals surface area (Å²) in [6, 6.07) is 6.68. The molecule has 1 rings (SSSR count). The molecule has 2 unspecified atom stereocenters. The van der Waals surface area contributed by atoms with Crippen molar-refractivity contribution in [1.82, 2.24) is 10.3 Å². The number of unbranched alkanes of at least 4 members (excludes halogenated alkanes) is 1. The first-order chi connectivity index (χ1) is 7.29. The summed E-state index contributed by atoms with van der Waals surface area (Å²) in [4.78, 5) is 4.42. The molecule has 0 bridgehead atoms. The zero-order chi connectivity index (χ0) is 11.1. The van der Waals surface area contributed by atoms with Crippen LogP contribution in [-0.2, 0) is 0 Å². The zero-order valence-electron chi connectivity index (χ0n) is 10.0. The van der Waals surface area contributed by atoms with Gasteiger partial charge in [-0.3, -0.25) is 4.98 Å². The van der Waals surface area contributed by atoms with Crippen molar-refractivity contribution in [2.24, 2.45) is 0 Å². The predicted octanol–water partition coefficient (Wildman–Crippen LogP) is 2.96. The van der Waals surface area contributed by atoms with E-state index in [0.29, 0.717) is 12.0 Å². The lowest BCUT2D eigenvalue weighted by atomic mass is 9.93. The van der Waals surface area contributed by atoms with Crippen molar-refractivity contribution in [3.8, 4) is 0 Å². The Kier molecular flexibility index (Phi) is 5.33. The third-order valence-corrected chi connectivity index (χ3v) is 3.00. The number of nitrogens with zero attached hydrogens (tertiary/aromatic N) is 1. The number of rotatable bonds is 6. The topological polar surface area (TPSA) is 24.9 Å². The highest BCUT2D eigenvalue weighted by molar-refractivity contribution is 5.10. The molecule has 0 amide bonds. The molecule has 0 spiro atoms. The molecule has 0 aromatic carbocycles. The highest BCUT2D eigenvalue weighted by Gasteiger charge is 2.17. The van der Waals surface area contributed by atoms with Gasteiger partial charge in [-0.2, -0.15) is 0 Å². The van der Waals surface area contributed by atoms with E-state index in [4.69, 9.17) is 0 Å². The third kappa shape index (κ3) is 3.63. The van der Waals surface area contributed by atoms with E-state index in [1.165, 1.54) is 25.0 Å². The summed E-state index contributed by atoms with van der Waals surface area (Å²) in [5.74, 6) is 0.489. The van der Waals surface area contributed by atoms with Gasteiger partial charge in [-0.25, -0.2) is 0 Å². The fourth-order valence-electron chi connectivity index (χ4n) is 1.92. The zero-order valence-corrected chi connectivity index (χ0v) is 10.0. The minimum atomic E-state index is 0.489. The van der Waals surface area contributed by atoms with E-state index in [2.05, 4.69) is 36.3 Å². The van der Waals surface area contributed by atoms with Crippen molar-refractivity contribution in [3.05, 3.63) is 30.1 Å². The van der Waals surface area contributed by atoms with Crippen molar-refractivity contribution in [3.63, 3.8) is 0 Å². The Morgan fingerprint density at radius 1 is 1.40 bits per heavy atom. The summed E-state index contributed by atoms with van der Waals surface area (Å²) >= 11 is 0.